The lowest BCUT2D eigenvalue weighted by atomic mass is 10.00. The summed E-state index contributed by atoms with van der Waals surface area (Å²) >= 11 is 3.40. The van der Waals surface area contributed by atoms with Crippen molar-refractivity contribution in [2.75, 3.05) is 13.6 Å². The van der Waals surface area contributed by atoms with Gasteiger partial charge in [-0.1, -0.05) is 0 Å². The molecule has 0 amide bonds. The van der Waals surface area contributed by atoms with Gasteiger partial charge in [0.05, 0.1) is 0 Å². The van der Waals surface area contributed by atoms with E-state index in [2.05, 4.69) is 38.4 Å². The molecule has 1 heterocycles. The average Bonchev–Trinajstić information content (AvgIpc) is 2.90. The molecule has 0 radical (unpaired) electrons. The molecule has 1 fully saturated rings. The molecule has 0 aliphatic heterocycles. The molecule has 2 nitrogen and oxygen atoms in total. The molecule has 0 spiro atoms. The summed E-state index contributed by atoms with van der Waals surface area (Å²) in [5.41, 5.74) is 1.72. The van der Waals surface area contributed by atoms with Crippen molar-refractivity contribution in [3.05, 3.63) is 28.5 Å². The molecule has 2 rings (SSSR count). The molecule has 0 saturated heterocycles. The molecule has 1 aromatic heterocycles. The highest BCUT2D eigenvalue weighted by molar-refractivity contribution is 9.10. The van der Waals surface area contributed by atoms with E-state index in [0.717, 1.165) is 17.4 Å². The van der Waals surface area contributed by atoms with Crippen molar-refractivity contribution in [2.45, 2.75) is 19.3 Å². The topological polar surface area (TPSA) is 24.9 Å². The molecule has 0 unspecified atom stereocenters. The normalized spacial score (nSPS) is 18.1. The molecule has 1 saturated carbocycles. The van der Waals surface area contributed by atoms with E-state index >= 15 is 0 Å². The van der Waals surface area contributed by atoms with Gasteiger partial charge in [0.15, 0.2) is 0 Å². The van der Waals surface area contributed by atoms with Crippen LogP contribution in [-0.4, -0.2) is 18.6 Å². The van der Waals surface area contributed by atoms with Gasteiger partial charge < -0.3 is 5.32 Å². The van der Waals surface area contributed by atoms with E-state index in [1.807, 2.05) is 13.2 Å². The minimum Gasteiger partial charge on any atom is -0.319 e. The predicted octanol–water partition coefficient (Wildman–Crippen LogP) is 2.39. The first-order valence-corrected chi connectivity index (χ1v) is 5.78. The molecule has 1 aliphatic carbocycles. The molecule has 76 valence electrons. The zero-order chi connectivity index (χ0) is 10.0. The van der Waals surface area contributed by atoms with Crippen molar-refractivity contribution in [1.82, 2.24) is 10.3 Å². The summed E-state index contributed by atoms with van der Waals surface area (Å²) in [5.74, 6) is 0. The zero-order valence-electron chi connectivity index (χ0n) is 8.39. The van der Waals surface area contributed by atoms with Crippen LogP contribution >= 0.6 is 15.9 Å². The summed E-state index contributed by atoms with van der Waals surface area (Å²) in [7, 11) is 2.02. The van der Waals surface area contributed by atoms with E-state index in [9.17, 15) is 0 Å². The van der Waals surface area contributed by atoms with Crippen LogP contribution in [0.5, 0.6) is 0 Å². The SMILES string of the molecule is CNCC1(Cc2ccc(Br)cn2)CC1. The quantitative estimate of drug-likeness (QED) is 0.893. The Hall–Kier alpha value is -0.410. The van der Waals surface area contributed by atoms with Gasteiger partial charge in [0, 0.05) is 22.9 Å². The third-order valence-corrected chi connectivity index (χ3v) is 3.32. The summed E-state index contributed by atoms with van der Waals surface area (Å²) in [4.78, 5) is 4.41. The number of aromatic nitrogens is 1. The summed E-state index contributed by atoms with van der Waals surface area (Å²) in [5, 5.41) is 3.27. The highest BCUT2D eigenvalue weighted by Crippen LogP contribution is 2.47. The average molecular weight is 255 g/mol. The lowest BCUT2D eigenvalue weighted by Crippen LogP contribution is -2.22. The molecule has 1 aromatic rings. The Kier molecular flexibility index (Phi) is 2.88. The maximum absolute atomic E-state index is 4.41. The molecule has 1 N–H and O–H groups in total. The molecule has 0 bridgehead atoms. The van der Waals surface area contributed by atoms with Crippen LogP contribution in [0.2, 0.25) is 0 Å². The standard InChI is InChI=1S/C11H15BrN2/c1-13-8-11(4-5-11)6-10-3-2-9(12)7-14-10/h2-3,7,13H,4-6,8H2,1H3. The van der Waals surface area contributed by atoms with Crippen LogP contribution in [0, 0.1) is 5.41 Å². The Bertz CT molecular complexity index is 304. The van der Waals surface area contributed by atoms with Crippen molar-refractivity contribution < 1.29 is 0 Å². The number of halogens is 1. The Morgan fingerprint density at radius 1 is 1.50 bits per heavy atom. The van der Waals surface area contributed by atoms with Crippen molar-refractivity contribution in [3.8, 4) is 0 Å². The second-order valence-corrected chi connectivity index (χ2v) is 5.09. The second kappa shape index (κ2) is 3.99. The highest BCUT2D eigenvalue weighted by atomic mass is 79.9. The number of hydrogen-bond acceptors (Lipinski definition) is 2. The third kappa shape index (κ3) is 2.34. The van der Waals surface area contributed by atoms with Gasteiger partial charge in [-0.2, -0.15) is 0 Å². The Morgan fingerprint density at radius 3 is 2.79 bits per heavy atom. The van der Waals surface area contributed by atoms with Crippen LogP contribution in [0.15, 0.2) is 22.8 Å². The summed E-state index contributed by atoms with van der Waals surface area (Å²) in [6, 6.07) is 4.18. The lowest BCUT2D eigenvalue weighted by Gasteiger charge is -2.13. The van der Waals surface area contributed by atoms with Gasteiger partial charge in [-0.3, -0.25) is 4.98 Å². The van der Waals surface area contributed by atoms with Crippen LogP contribution in [0.4, 0.5) is 0 Å². The highest BCUT2D eigenvalue weighted by Gasteiger charge is 2.41. The molecular weight excluding hydrogens is 240 g/mol. The van der Waals surface area contributed by atoms with Crippen molar-refractivity contribution >= 4 is 15.9 Å². The molecule has 0 atom stereocenters. The maximum atomic E-state index is 4.41. The van der Waals surface area contributed by atoms with E-state index in [4.69, 9.17) is 0 Å². The first-order valence-electron chi connectivity index (χ1n) is 4.99. The van der Waals surface area contributed by atoms with Gasteiger partial charge in [-0.25, -0.2) is 0 Å². The molecular formula is C11H15BrN2. The largest absolute Gasteiger partial charge is 0.319 e. The first kappa shape index (κ1) is 10.1. The fraction of sp³-hybridized carbons (Fsp3) is 0.545. The number of nitrogens with one attached hydrogen (secondary N) is 1. The van der Waals surface area contributed by atoms with Crippen LogP contribution in [0.3, 0.4) is 0 Å². The van der Waals surface area contributed by atoms with Gasteiger partial charge in [0.2, 0.25) is 0 Å². The maximum Gasteiger partial charge on any atom is 0.0413 e. The van der Waals surface area contributed by atoms with Crippen molar-refractivity contribution in [2.24, 2.45) is 5.41 Å². The minimum absolute atomic E-state index is 0.510. The lowest BCUT2D eigenvalue weighted by molar-refractivity contribution is 0.473. The summed E-state index contributed by atoms with van der Waals surface area (Å²) in [6.07, 6.45) is 5.67. The molecule has 3 heteroatoms. The van der Waals surface area contributed by atoms with E-state index < -0.39 is 0 Å². The number of hydrogen-bond donors (Lipinski definition) is 1. The van der Waals surface area contributed by atoms with Crippen LogP contribution < -0.4 is 5.32 Å². The Labute approximate surface area is 93.3 Å². The van der Waals surface area contributed by atoms with Crippen LogP contribution in [-0.2, 0) is 6.42 Å². The number of pyridine rings is 1. The molecule has 14 heavy (non-hydrogen) atoms. The van der Waals surface area contributed by atoms with E-state index in [1.165, 1.54) is 18.5 Å². The van der Waals surface area contributed by atoms with Crippen molar-refractivity contribution in [1.29, 1.82) is 0 Å². The van der Waals surface area contributed by atoms with Crippen molar-refractivity contribution in [3.63, 3.8) is 0 Å². The van der Waals surface area contributed by atoms with Crippen LogP contribution in [0.25, 0.3) is 0 Å². The summed E-state index contributed by atoms with van der Waals surface area (Å²) in [6.45, 7) is 1.12. The minimum atomic E-state index is 0.510. The smallest absolute Gasteiger partial charge is 0.0413 e. The summed E-state index contributed by atoms with van der Waals surface area (Å²) < 4.78 is 1.06. The Balaban J connectivity index is 2.00. The molecule has 1 aliphatic rings. The Morgan fingerprint density at radius 2 is 2.29 bits per heavy atom. The zero-order valence-corrected chi connectivity index (χ0v) is 9.97. The predicted molar refractivity (Wildman–Crippen MR) is 61.2 cm³/mol. The first-order chi connectivity index (χ1) is 6.74. The number of nitrogens with zero attached hydrogens (tertiary/aromatic N) is 1. The van der Waals surface area contributed by atoms with Gasteiger partial charge in [0.25, 0.3) is 0 Å². The fourth-order valence-corrected chi connectivity index (χ4v) is 2.10. The monoisotopic (exact) mass is 254 g/mol. The van der Waals surface area contributed by atoms with Gasteiger partial charge in [-0.05, 0) is 59.8 Å². The number of rotatable bonds is 4. The van der Waals surface area contributed by atoms with Gasteiger partial charge >= 0.3 is 0 Å². The molecule has 0 aromatic carbocycles. The van der Waals surface area contributed by atoms with E-state index in [0.29, 0.717) is 5.41 Å². The van der Waals surface area contributed by atoms with Crippen LogP contribution in [0.1, 0.15) is 18.5 Å². The third-order valence-electron chi connectivity index (χ3n) is 2.85. The fourth-order valence-electron chi connectivity index (χ4n) is 1.86. The van der Waals surface area contributed by atoms with Gasteiger partial charge in [0.1, 0.15) is 0 Å². The van der Waals surface area contributed by atoms with E-state index in [-0.39, 0.29) is 0 Å². The van der Waals surface area contributed by atoms with Gasteiger partial charge in [-0.15, -0.1) is 0 Å². The van der Waals surface area contributed by atoms with E-state index in [1.54, 1.807) is 0 Å². The second-order valence-electron chi connectivity index (χ2n) is 4.17.